The van der Waals surface area contributed by atoms with Crippen molar-refractivity contribution in [2.45, 2.75) is 25.4 Å². The maximum Gasteiger partial charge on any atom is 0.174 e. The molecule has 0 saturated carbocycles. The van der Waals surface area contributed by atoms with Crippen LogP contribution in [0.3, 0.4) is 0 Å². The van der Waals surface area contributed by atoms with Crippen molar-refractivity contribution in [3.8, 4) is 23.0 Å². The van der Waals surface area contributed by atoms with Crippen LogP contribution in [0.15, 0.2) is 49.1 Å². The number of hydrogen-bond acceptors (Lipinski definition) is 5. The van der Waals surface area contributed by atoms with E-state index in [9.17, 15) is 15.0 Å². The van der Waals surface area contributed by atoms with Crippen molar-refractivity contribution in [3.05, 3.63) is 60.2 Å². The quantitative estimate of drug-likeness (QED) is 0.610. The number of aromatic hydroxyl groups is 2. The molecule has 1 atom stereocenters. The molecular formula is C20H20O5. The Morgan fingerprint density at radius 2 is 2.00 bits per heavy atom. The van der Waals surface area contributed by atoms with Crippen LogP contribution in [0.25, 0.3) is 0 Å². The van der Waals surface area contributed by atoms with Crippen LogP contribution in [0.1, 0.15) is 41.3 Å². The number of phenolic OH excluding ortho intramolecular Hbond substituents is 2. The number of ketones is 1. The molecule has 25 heavy (non-hydrogen) atoms. The lowest BCUT2D eigenvalue weighted by molar-refractivity contribution is 0.0844. The zero-order valence-corrected chi connectivity index (χ0v) is 13.8. The highest BCUT2D eigenvalue weighted by atomic mass is 16.5. The second-order valence-electron chi connectivity index (χ2n) is 5.92. The van der Waals surface area contributed by atoms with E-state index in [1.807, 2.05) is 6.08 Å². The first-order valence-electron chi connectivity index (χ1n) is 8.18. The van der Waals surface area contributed by atoms with Gasteiger partial charge in [-0.1, -0.05) is 18.2 Å². The second-order valence-corrected chi connectivity index (χ2v) is 5.92. The molecule has 0 fully saturated rings. The molecule has 1 heterocycles. The van der Waals surface area contributed by atoms with E-state index in [4.69, 9.17) is 9.47 Å². The summed E-state index contributed by atoms with van der Waals surface area (Å²) in [7, 11) is 0. The fourth-order valence-electron chi connectivity index (χ4n) is 2.79. The highest BCUT2D eigenvalue weighted by Crippen LogP contribution is 2.42. The van der Waals surface area contributed by atoms with Gasteiger partial charge in [0.05, 0.1) is 13.0 Å². The van der Waals surface area contributed by atoms with Gasteiger partial charge in [0.1, 0.15) is 34.7 Å². The minimum absolute atomic E-state index is 0.130. The first kappa shape index (κ1) is 16.9. The van der Waals surface area contributed by atoms with E-state index in [0.717, 1.165) is 18.4 Å². The third-order valence-electron chi connectivity index (χ3n) is 4.06. The number of allylic oxidation sites excluding steroid dienone is 1. The van der Waals surface area contributed by atoms with Gasteiger partial charge in [-0.3, -0.25) is 4.79 Å². The van der Waals surface area contributed by atoms with Gasteiger partial charge in [-0.15, -0.1) is 6.58 Å². The van der Waals surface area contributed by atoms with Crippen molar-refractivity contribution in [3.63, 3.8) is 0 Å². The molecule has 5 nitrogen and oxygen atoms in total. The third kappa shape index (κ3) is 3.76. The number of benzene rings is 2. The highest BCUT2D eigenvalue weighted by Gasteiger charge is 2.30. The van der Waals surface area contributed by atoms with Crippen LogP contribution >= 0.6 is 0 Å². The normalized spacial score (nSPS) is 16.0. The monoisotopic (exact) mass is 340 g/mol. The molecule has 0 spiro atoms. The molecule has 0 amide bonds. The zero-order chi connectivity index (χ0) is 17.8. The van der Waals surface area contributed by atoms with Crippen LogP contribution in [0.2, 0.25) is 0 Å². The number of hydrogen-bond donors (Lipinski definition) is 2. The smallest absolute Gasteiger partial charge is 0.174 e. The molecule has 0 unspecified atom stereocenters. The van der Waals surface area contributed by atoms with Crippen molar-refractivity contribution in [1.29, 1.82) is 0 Å². The Labute approximate surface area is 146 Å². The number of carbonyl (C=O) groups excluding carboxylic acids is 1. The van der Waals surface area contributed by atoms with Gasteiger partial charge in [0.25, 0.3) is 0 Å². The molecular weight excluding hydrogens is 320 g/mol. The standard InChI is InChI=1S/C20H20O5/c1-2-3-4-9-24-15-10-16(22)20-17(23)12-18(25-19(20)11-15)13-5-7-14(21)8-6-13/h2,5-8,10-11,18,21-22H,1,3-4,9,12H2/t18-/m1/s1. The van der Waals surface area contributed by atoms with Gasteiger partial charge in [0, 0.05) is 12.1 Å². The summed E-state index contributed by atoms with van der Waals surface area (Å²) in [6.07, 6.45) is 3.14. The highest BCUT2D eigenvalue weighted by molar-refractivity contribution is 6.02. The summed E-state index contributed by atoms with van der Waals surface area (Å²) >= 11 is 0. The first-order chi connectivity index (χ1) is 12.1. The Bertz CT molecular complexity index is 779. The minimum Gasteiger partial charge on any atom is -0.508 e. The van der Waals surface area contributed by atoms with Crippen LogP contribution in [-0.4, -0.2) is 22.6 Å². The van der Waals surface area contributed by atoms with E-state index in [1.54, 1.807) is 30.3 Å². The molecule has 5 heteroatoms. The fraction of sp³-hybridized carbons (Fsp3) is 0.250. The molecule has 2 N–H and O–H groups in total. The fourth-order valence-corrected chi connectivity index (χ4v) is 2.79. The number of carbonyl (C=O) groups is 1. The Hall–Kier alpha value is -2.95. The molecule has 3 rings (SSSR count). The number of rotatable bonds is 6. The van der Waals surface area contributed by atoms with Gasteiger partial charge < -0.3 is 19.7 Å². The summed E-state index contributed by atoms with van der Waals surface area (Å²) < 4.78 is 11.5. The Kier molecular flexibility index (Phi) is 4.93. The van der Waals surface area contributed by atoms with Gasteiger partial charge in [0.15, 0.2) is 5.78 Å². The van der Waals surface area contributed by atoms with E-state index in [0.29, 0.717) is 18.1 Å². The van der Waals surface area contributed by atoms with E-state index in [1.165, 1.54) is 6.07 Å². The summed E-state index contributed by atoms with van der Waals surface area (Å²) in [5, 5.41) is 19.6. The minimum atomic E-state index is -0.462. The van der Waals surface area contributed by atoms with Gasteiger partial charge in [0.2, 0.25) is 0 Å². The Morgan fingerprint density at radius 1 is 1.24 bits per heavy atom. The van der Waals surface area contributed by atoms with E-state index >= 15 is 0 Å². The lowest BCUT2D eigenvalue weighted by Crippen LogP contribution is -2.20. The van der Waals surface area contributed by atoms with Crippen LogP contribution in [0.4, 0.5) is 0 Å². The van der Waals surface area contributed by atoms with Crippen LogP contribution < -0.4 is 9.47 Å². The summed E-state index contributed by atoms with van der Waals surface area (Å²) in [4.78, 5) is 12.4. The summed E-state index contributed by atoms with van der Waals surface area (Å²) in [5.74, 6) is 0.604. The number of ether oxygens (including phenoxy) is 2. The van der Waals surface area contributed by atoms with E-state index < -0.39 is 6.10 Å². The summed E-state index contributed by atoms with van der Waals surface area (Å²) in [6.45, 7) is 4.14. The molecule has 1 aliphatic heterocycles. The number of unbranched alkanes of at least 4 members (excludes halogenated alkanes) is 1. The van der Waals surface area contributed by atoms with Gasteiger partial charge >= 0.3 is 0 Å². The topological polar surface area (TPSA) is 76.0 Å². The molecule has 1 aliphatic rings. The van der Waals surface area contributed by atoms with E-state index in [-0.39, 0.29) is 29.3 Å². The maximum absolute atomic E-state index is 12.4. The number of fused-ring (bicyclic) bond motifs is 1. The molecule has 0 saturated heterocycles. The third-order valence-corrected chi connectivity index (χ3v) is 4.06. The molecule has 0 aromatic heterocycles. The molecule has 0 radical (unpaired) electrons. The molecule has 130 valence electrons. The average molecular weight is 340 g/mol. The van der Waals surface area contributed by atoms with Crippen molar-refractivity contribution < 1.29 is 24.5 Å². The molecule has 2 aromatic carbocycles. The molecule has 2 aromatic rings. The zero-order valence-electron chi connectivity index (χ0n) is 13.8. The van der Waals surface area contributed by atoms with Crippen LogP contribution in [-0.2, 0) is 0 Å². The predicted octanol–water partition coefficient (Wildman–Crippen LogP) is 4.15. The van der Waals surface area contributed by atoms with E-state index in [2.05, 4.69) is 6.58 Å². The Balaban J connectivity index is 1.82. The molecule has 0 aliphatic carbocycles. The largest absolute Gasteiger partial charge is 0.508 e. The number of phenols is 2. The molecule has 0 bridgehead atoms. The maximum atomic E-state index is 12.4. The second kappa shape index (κ2) is 7.30. The van der Waals surface area contributed by atoms with Crippen LogP contribution in [0.5, 0.6) is 23.0 Å². The van der Waals surface area contributed by atoms with Crippen molar-refractivity contribution in [1.82, 2.24) is 0 Å². The summed E-state index contributed by atoms with van der Waals surface area (Å²) in [5.41, 5.74) is 0.974. The lowest BCUT2D eigenvalue weighted by atomic mass is 9.95. The first-order valence-corrected chi connectivity index (χ1v) is 8.18. The SMILES string of the molecule is C=CCCCOc1cc(O)c2c(c1)O[C@@H](c1ccc(O)cc1)CC2=O. The van der Waals surface area contributed by atoms with Crippen LogP contribution in [0, 0.1) is 0 Å². The summed E-state index contributed by atoms with van der Waals surface area (Å²) in [6, 6.07) is 9.61. The lowest BCUT2D eigenvalue weighted by Gasteiger charge is -2.26. The van der Waals surface area contributed by atoms with Gasteiger partial charge in [-0.25, -0.2) is 0 Å². The van der Waals surface area contributed by atoms with Crippen molar-refractivity contribution >= 4 is 5.78 Å². The van der Waals surface area contributed by atoms with Crippen molar-refractivity contribution in [2.75, 3.05) is 6.61 Å². The van der Waals surface area contributed by atoms with Gasteiger partial charge in [-0.2, -0.15) is 0 Å². The van der Waals surface area contributed by atoms with Gasteiger partial charge in [-0.05, 0) is 30.5 Å². The predicted molar refractivity (Wildman–Crippen MR) is 93.5 cm³/mol. The Morgan fingerprint density at radius 3 is 2.72 bits per heavy atom. The van der Waals surface area contributed by atoms with Crippen molar-refractivity contribution in [2.24, 2.45) is 0 Å². The average Bonchev–Trinajstić information content (AvgIpc) is 2.58. The number of Topliss-reactive ketones (excluding diaryl/α,β-unsaturated/α-hetero) is 1.